The number of hydrogen-bond acceptors (Lipinski definition) is 2. The summed E-state index contributed by atoms with van der Waals surface area (Å²) in [7, 11) is 1.62. The molecule has 0 saturated carbocycles. The number of halogens is 2. The molecule has 0 aromatic heterocycles. The van der Waals surface area contributed by atoms with Crippen molar-refractivity contribution in [3.8, 4) is 11.5 Å². The lowest BCUT2D eigenvalue weighted by Crippen LogP contribution is -2.00. The van der Waals surface area contributed by atoms with Crippen LogP contribution in [-0.2, 0) is 6.61 Å². The molecule has 2 aromatic carbocycles. The number of hydrogen-bond donors (Lipinski definition) is 0. The van der Waals surface area contributed by atoms with E-state index >= 15 is 0 Å². The number of benzene rings is 2. The van der Waals surface area contributed by atoms with Gasteiger partial charge in [0.05, 0.1) is 11.6 Å². The van der Waals surface area contributed by atoms with Gasteiger partial charge in [-0.25, -0.2) is 4.39 Å². The molecule has 0 spiro atoms. The smallest absolute Gasteiger partial charge is 0.136 e. The zero-order chi connectivity index (χ0) is 13.8. The van der Waals surface area contributed by atoms with Crippen LogP contribution in [0.4, 0.5) is 4.39 Å². The summed E-state index contributed by atoms with van der Waals surface area (Å²) in [4.78, 5) is 0. The molecule has 0 radical (unpaired) electrons. The molecular formula is C15H14BrFO2. The summed E-state index contributed by atoms with van der Waals surface area (Å²) >= 11 is 3.33. The van der Waals surface area contributed by atoms with Crippen LogP contribution in [0.15, 0.2) is 40.9 Å². The molecule has 0 atom stereocenters. The lowest BCUT2D eigenvalue weighted by atomic mass is 10.1. The first-order valence-electron chi connectivity index (χ1n) is 5.81. The second-order valence-electron chi connectivity index (χ2n) is 4.18. The SMILES string of the molecule is COc1ccc(C)cc1COc1cc(F)ccc1Br. The molecule has 0 fully saturated rings. The zero-order valence-corrected chi connectivity index (χ0v) is 12.3. The molecule has 2 aromatic rings. The normalized spacial score (nSPS) is 10.3. The standard InChI is InChI=1S/C15H14BrFO2/c1-10-3-6-14(18-2)11(7-10)9-19-15-8-12(17)4-5-13(15)16/h3-8H,9H2,1-2H3. The van der Waals surface area contributed by atoms with Gasteiger partial charge in [-0.2, -0.15) is 0 Å². The Hall–Kier alpha value is -1.55. The third-order valence-corrected chi connectivity index (χ3v) is 3.37. The maximum absolute atomic E-state index is 13.2. The number of ether oxygens (including phenoxy) is 2. The second-order valence-corrected chi connectivity index (χ2v) is 5.03. The van der Waals surface area contributed by atoms with Crippen molar-refractivity contribution >= 4 is 15.9 Å². The van der Waals surface area contributed by atoms with Crippen molar-refractivity contribution in [3.63, 3.8) is 0 Å². The Labute approximate surface area is 120 Å². The first kappa shape index (κ1) is 13.9. The van der Waals surface area contributed by atoms with Crippen molar-refractivity contribution in [2.24, 2.45) is 0 Å². The van der Waals surface area contributed by atoms with Crippen LogP contribution in [0.1, 0.15) is 11.1 Å². The van der Waals surface area contributed by atoms with Gasteiger partial charge in [-0.3, -0.25) is 0 Å². The number of methoxy groups -OCH3 is 1. The molecular weight excluding hydrogens is 311 g/mol. The Bertz CT molecular complexity index is 584. The molecule has 0 aliphatic rings. The first-order valence-corrected chi connectivity index (χ1v) is 6.61. The molecule has 0 N–H and O–H groups in total. The molecule has 0 saturated heterocycles. The van der Waals surface area contributed by atoms with E-state index in [0.717, 1.165) is 21.3 Å². The Morgan fingerprint density at radius 3 is 2.63 bits per heavy atom. The highest BCUT2D eigenvalue weighted by Gasteiger charge is 2.07. The molecule has 2 nitrogen and oxygen atoms in total. The fourth-order valence-corrected chi connectivity index (χ4v) is 2.12. The van der Waals surface area contributed by atoms with Crippen LogP contribution in [0, 0.1) is 12.7 Å². The third kappa shape index (κ3) is 3.47. The van der Waals surface area contributed by atoms with Gasteiger partial charge in [-0.15, -0.1) is 0 Å². The summed E-state index contributed by atoms with van der Waals surface area (Å²) in [6.07, 6.45) is 0. The predicted molar refractivity (Wildman–Crippen MR) is 76.2 cm³/mol. The van der Waals surface area contributed by atoms with Crippen LogP contribution in [-0.4, -0.2) is 7.11 Å². The molecule has 0 aliphatic heterocycles. The number of aryl methyl sites for hydroxylation is 1. The first-order chi connectivity index (χ1) is 9.10. The number of rotatable bonds is 4. The van der Waals surface area contributed by atoms with E-state index in [0.29, 0.717) is 12.4 Å². The van der Waals surface area contributed by atoms with Crippen LogP contribution in [0.5, 0.6) is 11.5 Å². The lowest BCUT2D eigenvalue weighted by molar-refractivity contribution is 0.293. The van der Waals surface area contributed by atoms with Crippen molar-refractivity contribution in [2.45, 2.75) is 13.5 Å². The molecule has 0 bridgehead atoms. The highest BCUT2D eigenvalue weighted by atomic mass is 79.9. The minimum atomic E-state index is -0.325. The Morgan fingerprint density at radius 2 is 1.89 bits per heavy atom. The Balaban J connectivity index is 2.18. The van der Waals surface area contributed by atoms with Crippen LogP contribution in [0.3, 0.4) is 0 Å². The summed E-state index contributed by atoms with van der Waals surface area (Å²) in [5.74, 6) is 0.913. The van der Waals surface area contributed by atoms with Crippen molar-refractivity contribution in [2.75, 3.05) is 7.11 Å². The zero-order valence-electron chi connectivity index (χ0n) is 10.7. The summed E-state index contributed by atoms with van der Waals surface area (Å²) in [5.41, 5.74) is 2.05. The highest BCUT2D eigenvalue weighted by molar-refractivity contribution is 9.10. The molecule has 19 heavy (non-hydrogen) atoms. The molecule has 100 valence electrons. The minimum Gasteiger partial charge on any atom is -0.496 e. The quantitative estimate of drug-likeness (QED) is 0.825. The third-order valence-electron chi connectivity index (χ3n) is 2.71. The molecule has 2 rings (SSSR count). The largest absolute Gasteiger partial charge is 0.496 e. The Morgan fingerprint density at radius 1 is 1.11 bits per heavy atom. The molecule has 0 aliphatic carbocycles. The fraction of sp³-hybridized carbons (Fsp3) is 0.200. The van der Waals surface area contributed by atoms with E-state index in [9.17, 15) is 4.39 Å². The van der Waals surface area contributed by atoms with E-state index in [1.54, 1.807) is 13.2 Å². The Kier molecular flexibility index (Phi) is 4.43. The van der Waals surface area contributed by atoms with E-state index < -0.39 is 0 Å². The van der Waals surface area contributed by atoms with Crippen LogP contribution >= 0.6 is 15.9 Å². The molecule has 0 unspecified atom stereocenters. The van der Waals surface area contributed by atoms with Gasteiger partial charge in [0.1, 0.15) is 23.9 Å². The minimum absolute atomic E-state index is 0.325. The molecule has 0 amide bonds. The highest BCUT2D eigenvalue weighted by Crippen LogP contribution is 2.28. The van der Waals surface area contributed by atoms with E-state index in [1.165, 1.54) is 12.1 Å². The average Bonchev–Trinajstić information content (AvgIpc) is 2.40. The molecule has 4 heteroatoms. The van der Waals surface area contributed by atoms with E-state index in [2.05, 4.69) is 15.9 Å². The average molecular weight is 325 g/mol. The van der Waals surface area contributed by atoms with E-state index in [4.69, 9.17) is 9.47 Å². The van der Waals surface area contributed by atoms with Gasteiger partial charge < -0.3 is 9.47 Å². The van der Waals surface area contributed by atoms with Gasteiger partial charge in [0, 0.05) is 11.6 Å². The maximum atomic E-state index is 13.2. The topological polar surface area (TPSA) is 18.5 Å². The van der Waals surface area contributed by atoms with Crippen molar-refractivity contribution in [1.29, 1.82) is 0 Å². The maximum Gasteiger partial charge on any atom is 0.136 e. The molecule has 0 heterocycles. The lowest BCUT2D eigenvalue weighted by Gasteiger charge is -2.12. The second kappa shape index (κ2) is 6.06. The van der Waals surface area contributed by atoms with Gasteiger partial charge in [-0.1, -0.05) is 11.6 Å². The summed E-state index contributed by atoms with van der Waals surface area (Å²) in [6.45, 7) is 2.33. The van der Waals surface area contributed by atoms with E-state index in [1.807, 2.05) is 25.1 Å². The fourth-order valence-electron chi connectivity index (χ4n) is 1.76. The van der Waals surface area contributed by atoms with Crippen molar-refractivity contribution < 1.29 is 13.9 Å². The van der Waals surface area contributed by atoms with Crippen LogP contribution in [0.25, 0.3) is 0 Å². The predicted octanol–water partition coefficient (Wildman–Crippen LogP) is 4.48. The van der Waals surface area contributed by atoms with Gasteiger partial charge in [-0.05, 0) is 47.1 Å². The van der Waals surface area contributed by atoms with Gasteiger partial charge in [0.15, 0.2) is 0 Å². The van der Waals surface area contributed by atoms with E-state index in [-0.39, 0.29) is 5.82 Å². The monoisotopic (exact) mass is 324 g/mol. The van der Waals surface area contributed by atoms with Crippen molar-refractivity contribution in [1.82, 2.24) is 0 Å². The van der Waals surface area contributed by atoms with Gasteiger partial charge in [0.25, 0.3) is 0 Å². The summed E-state index contributed by atoms with van der Waals surface area (Å²) < 4.78 is 24.8. The van der Waals surface area contributed by atoms with Gasteiger partial charge in [0.2, 0.25) is 0 Å². The summed E-state index contributed by atoms with van der Waals surface area (Å²) in [6, 6.07) is 10.2. The van der Waals surface area contributed by atoms with Crippen molar-refractivity contribution in [3.05, 3.63) is 57.8 Å². The van der Waals surface area contributed by atoms with Gasteiger partial charge >= 0.3 is 0 Å². The summed E-state index contributed by atoms with van der Waals surface area (Å²) in [5, 5.41) is 0. The van der Waals surface area contributed by atoms with Crippen LogP contribution in [0.2, 0.25) is 0 Å². The van der Waals surface area contributed by atoms with Crippen LogP contribution < -0.4 is 9.47 Å².